The van der Waals surface area contributed by atoms with Crippen LogP contribution in [0.15, 0.2) is 29.2 Å². The number of hydrogen-bond acceptors (Lipinski definition) is 5. The van der Waals surface area contributed by atoms with E-state index in [1.165, 1.54) is 12.1 Å². The Morgan fingerprint density at radius 3 is 2.43 bits per heavy atom. The van der Waals surface area contributed by atoms with Gasteiger partial charge in [-0.15, -0.1) is 0 Å². The van der Waals surface area contributed by atoms with Crippen molar-refractivity contribution in [3.8, 4) is 0 Å². The maximum atomic E-state index is 11.9. The highest BCUT2D eigenvalue weighted by atomic mass is 32.2. The lowest BCUT2D eigenvalue weighted by atomic mass is 10.3. The minimum Gasteiger partial charge on any atom is -0.383 e. The van der Waals surface area contributed by atoms with Crippen molar-refractivity contribution in [2.45, 2.75) is 24.8 Å². The van der Waals surface area contributed by atoms with Crippen LogP contribution in [0.25, 0.3) is 0 Å². The second-order valence-electron chi connectivity index (χ2n) is 4.75. The van der Waals surface area contributed by atoms with Crippen molar-refractivity contribution in [2.75, 3.05) is 25.1 Å². The number of amides is 1. The van der Waals surface area contributed by atoms with Crippen LogP contribution in [0.3, 0.4) is 0 Å². The second-order valence-corrected chi connectivity index (χ2v) is 6.46. The van der Waals surface area contributed by atoms with Crippen LogP contribution in [0.2, 0.25) is 0 Å². The van der Waals surface area contributed by atoms with Gasteiger partial charge in [-0.3, -0.25) is 4.79 Å². The Kier molecular flexibility index (Phi) is 6.60. The molecule has 0 saturated heterocycles. The number of hydrogen-bond donors (Lipinski definition) is 3. The van der Waals surface area contributed by atoms with Gasteiger partial charge in [-0.2, -0.15) is 0 Å². The van der Waals surface area contributed by atoms with E-state index in [4.69, 9.17) is 10.5 Å². The molecule has 0 fully saturated rings. The SMILES string of the molecule is CC(C)NS(=O)(=O)c1ccc(NCCOCC(N)=O)cc1. The maximum absolute atomic E-state index is 11.9. The second kappa shape index (κ2) is 7.96. The van der Waals surface area contributed by atoms with Gasteiger partial charge in [0.1, 0.15) is 6.61 Å². The first kappa shape index (κ1) is 17.4. The van der Waals surface area contributed by atoms with Gasteiger partial charge in [0.25, 0.3) is 0 Å². The van der Waals surface area contributed by atoms with Crippen molar-refractivity contribution < 1.29 is 17.9 Å². The monoisotopic (exact) mass is 315 g/mol. The zero-order chi connectivity index (χ0) is 15.9. The number of rotatable bonds is 9. The zero-order valence-corrected chi connectivity index (χ0v) is 12.9. The average molecular weight is 315 g/mol. The van der Waals surface area contributed by atoms with Gasteiger partial charge >= 0.3 is 0 Å². The molecule has 0 radical (unpaired) electrons. The Labute approximate surface area is 124 Å². The third-order valence-corrected chi connectivity index (χ3v) is 4.05. The van der Waals surface area contributed by atoms with Crippen LogP contribution in [0.4, 0.5) is 5.69 Å². The minimum absolute atomic E-state index is 0.111. The molecule has 118 valence electrons. The summed E-state index contributed by atoms with van der Waals surface area (Å²) in [5.41, 5.74) is 5.70. The van der Waals surface area contributed by atoms with E-state index in [9.17, 15) is 13.2 Å². The molecule has 0 bridgehead atoms. The predicted octanol–water partition coefficient (Wildman–Crippen LogP) is 0.287. The molecule has 8 heteroatoms. The number of carbonyl (C=O) groups is 1. The first-order valence-electron chi connectivity index (χ1n) is 6.53. The number of nitrogens with two attached hydrogens (primary N) is 1. The summed E-state index contributed by atoms with van der Waals surface area (Å²) < 4.78 is 31.4. The van der Waals surface area contributed by atoms with E-state index in [0.29, 0.717) is 13.2 Å². The number of anilines is 1. The molecular weight excluding hydrogens is 294 g/mol. The van der Waals surface area contributed by atoms with Crippen LogP contribution >= 0.6 is 0 Å². The highest BCUT2D eigenvalue weighted by Crippen LogP contribution is 2.14. The van der Waals surface area contributed by atoms with Crippen molar-refractivity contribution in [3.63, 3.8) is 0 Å². The Morgan fingerprint density at radius 2 is 1.90 bits per heavy atom. The van der Waals surface area contributed by atoms with E-state index < -0.39 is 15.9 Å². The van der Waals surface area contributed by atoms with Gasteiger partial charge in [0, 0.05) is 18.3 Å². The topological polar surface area (TPSA) is 111 Å². The molecule has 1 rings (SSSR count). The molecule has 1 aromatic rings. The fraction of sp³-hybridized carbons (Fsp3) is 0.462. The minimum atomic E-state index is -3.47. The lowest BCUT2D eigenvalue weighted by Gasteiger charge is -2.11. The summed E-state index contributed by atoms with van der Waals surface area (Å²) in [5.74, 6) is -0.512. The molecule has 1 aromatic carbocycles. The molecule has 0 atom stereocenters. The van der Waals surface area contributed by atoms with Crippen molar-refractivity contribution in [1.29, 1.82) is 0 Å². The largest absolute Gasteiger partial charge is 0.383 e. The van der Waals surface area contributed by atoms with Crippen LogP contribution in [-0.4, -0.2) is 40.1 Å². The molecule has 0 unspecified atom stereocenters. The number of nitrogens with one attached hydrogen (secondary N) is 2. The molecule has 0 aliphatic rings. The molecular formula is C13H21N3O4S. The van der Waals surface area contributed by atoms with E-state index in [1.807, 2.05) is 0 Å². The molecule has 21 heavy (non-hydrogen) atoms. The fourth-order valence-corrected chi connectivity index (χ4v) is 2.82. The van der Waals surface area contributed by atoms with Gasteiger partial charge < -0.3 is 15.8 Å². The fourth-order valence-electron chi connectivity index (χ4n) is 1.57. The quantitative estimate of drug-likeness (QED) is 0.567. The number of primary amides is 1. The maximum Gasteiger partial charge on any atom is 0.243 e. The summed E-state index contributed by atoms with van der Waals surface area (Å²) in [6.45, 7) is 4.24. The summed E-state index contributed by atoms with van der Waals surface area (Å²) in [4.78, 5) is 10.7. The third-order valence-electron chi connectivity index (χ3n) is 2.38. The van der Waals surface area contributed by atoms with Crippen molar-refractivity contribution in [3.05, 3.63) is 24.3 Å². The van der Waals surface area contributed by atoms with Gasteiger partial charge in [-0.1, -0.05) is 0 Å². The highest BCUT2D eigenvalue weighted by Gasteiger charge is 2.14. The van der Waals surface area contributed by atoms with Crippen LogP contribution in [0.1, 0.15) is 13.8 Å². The van der Waals surface area contributed by atoms with E-state index in [0.717, 1.165) is 5.69 Å². The van der Waals surface area contributed by atoms with E-state index in [1.54, 1.807) is 26.0 Å². The van der Waals surface area contributed by atoms with E-state index in [2.05, 4.69) is 10.0 Å². The summed E-state index contributed by atoms with van der Waals surface area (Å²) in [5, 5.41) is 3.05. The molecule has 4 N–H and O–H groups in total. The summed E-state index contributed by atoms with van der Waals surface area (Å²) in [6.07, 6.45) is 0. The lowest BCUT2D eigenvalue weighted by molar-refractivity contribution is -0.122. The molecule has 0 aliphatic carbocycles. The van der Waals surface area contributed by atoms with Gasteiger partial charge in [-0.25, -0.2) is 13.1 Å². The van der Waals surface area contributed by atoms with Crippen LogP contribution in [-0.2, 0) is 19.6 Å². The lowest BCUT2D eigenvalue weighted by Crippen LogP contribution is -2.30. The van der Waals surface area contributed by atoms with Gasteiger partial charge in [-0.05, 0) is 38.1 Å². The summed E-state index contributed by atoms with van der Waals surface area (Å²) in [6, 6.07) is 6.23. The van der Waals surface area contributed by atoms with Crippen LogP contribution in [0, 0.1) is 0 Å². The Hall–Kier alpha value is -1.64. The number of ether oxygens (including phenoxy) is 1. The number of carbonyl (C=O) groups excluding carboxylic acids is 1. The number of benzene rings is 1. The summed E-state index contributed by atoms with van der Waals surface area (Å²) in [7, 11) is -3.47. The average Bonchev–Trinajstić information content (AvgIpc) is 2.37. The summed E-state index contributed by atoms with van der Waals surface area (Å²) >= 11 is 0. The van der Waals surface area contributed by atoms with Crippen molar-refractivity contribution >= 4 is 21.6 Å². The van der Waals surface area contributed by atoms with E-state index in [-0.39, 0.29) is 17.5 Å². The first-order valence-corrected chi connectivity index (χ1v) is 8.02. The van der Waals surface area contributed by atoms with Gasteiger partial charge in [0.05, 0.1) is 11.5 Å². The van der Waals surface area contributed by atoms with Crippen molar-refractivity contribution in [2.24, 2.45) is 5.73 Å². The van der Waals surface area contributed by atoms with E-state index >= 15 is 0 Å². The van der Waals surface area contributed by atoms with Crippen molar-refractivity contribution in [1.82, 2.24) is 4.72 Å². The molecule has 0 spiro atoms. The standard InChI is InChI=1S/C13H21N3O4S/c1-10(2)16-21(18,19)12-5-3-11(4-6-12)15-7-8-20-9-13(14)17/h3-6,10,15-16H,7-9H2,1-2H3,(H2,14,17). The smallest absolute Gasteiger partial charge is 0.243 e. The highest BCUT2D eigenvalue weighted by molar-refractivity contribution is 7.89. The number of sulfonamides is 1. The molecule has 0 aliphatic heterocycles. The van der Waals surface area contributed by atoms with Crippen LogP contribution < -0.4 is 15.8 Å². The van der Waals surface area contributed by atoms with Gasteiger partial charge in [0.15, 0.2) is 0 Å². The molecule has 7 nitrogen and oxygen atoms in total. The molecule has 0 aromatic heterocycles. The predicted molar refractivity (Wildman–Crippen MR) is 80.4 cm³/mol. The zero-order valence-electron chi connectivity index (χ0n) is 12.1. The Bertz CT molecular complexity index is 555. The van der Waals surface area contributed by atoms with Gasteiger partial charge in [0.2, 0.25) is 15.9 Å². The first-order chi connectivity index (χ1) is 9.81. The Balaban J connectivity index is 2.49. The molecule has 0 saturated carbocycles. The molecule has 0 heterocycles. The Morgan fingerprint density at radius 1 is 1.29 bits per heavy atom. The normalized spacial score (nSPS) is 11.6. The molecule has 1 amide bonds. The third kappa shape index (κ3) is 6.56. The van der Waals surface area contributed by atoms with Crippen LogP contribution in [0.5, 0.6) is 0 Å².